The predicted molar refractivity (Wildman–Crippen MR) is 127 cm³/mol. The van der Waals surface area contributed by atoms with Gasteiger partial charge in [-0.2, -0.15) is 0 Å². The average Bonchev–Trinajstić information content (AvgIpc) is 2.81. The molecule has 1 N–H and O–H groups in total. The molecular formula is C27H25NO3S. The fourth-order valence-corrected chi connectivity index (χ4v) is 5.85. The van der Waals surface area contributed by atoms with Gasteiger partial charge in [-0.1, -0.05) is 78.4 Å². The minimum absolute atomic E-state index is 0.133. The molecule has 0 unspecified atom stereocenters. The second-order valence-corrected chi connectivity index (χ2v) is 10.4. The van der Waals surface area contributed by atoms with Crippen molar-refractivity contribution in [1.29, 1.82) is 0 Å². The van der Waals surface area contributed by atoms with E-state index in [1.54, 1.807) is 18.3 Å². The number of nitrogens with zero attached hydrogens (tertiary/aromatic N) is 1. The summed E-state index contributed by atoms with van der Waals surface area (Å²) in [7, 11) is -3.68. The van der Waals surface area contributed by atoms with E-state index in [0.29, 0.717) is 13.0 Å². The molecule has 0 aromatic heterocycles. The summed E-state index contributed by atoms with van der Waals surface area (Å²) >= 11 is 0. The maximum Gasteiger partial charge on any atom is 0.264 e. The van der Waals surface area contributed by atoms with Crippen molar-refractivity contribution in [3.05, 3.63) is 113 Å². The van der Waals surface area contributed by atoms with Gasteiger partial charge in [-0.25, -0.2) is 8.42 Å². The Balaban J connectivity index is 1.51. The van der Waals surface area contributed by atoms with Crippen LogP contribution in [0.25, 0.3) is 11.6 Å². The Labute approximate surface area is 189 Å². The quantitative estimate of drug-likeness (QED) is 0.595. The lowest BCUT2D eigenvalue weighted by Gasteiger charge is -2.31. The number of aryl methyl sites for hydroxylation is 1. The molecule has 0 saturated heterocycles. The van der Waals surface area contributed by atoms with Crippen LogP contribution in [0, 0.1) is 12.8 Å². The molecule has 2 aliphatic rings. The summed E-state index contributed by atoms with van der Waals surface area (Å²) in [5, 5.41) is 11.0. The number of aliphatic hydroxyl groups excluding tert-OH is 1. The lowest BCUT2D eigenvalue weighted by molar-refractivity contribution is 0.132. The van der Waals surface area contributed by atoms with Crippen LogP contribution in [0.15, 0.2) is 90.0 Å². The van der Waals surface area contributed by atoms with Crippen LogP contribution in [0.1, 0.15) is 40.3 Å². The van der Waals surface area contributed by atoms with E-state index in [1.165, 1.54) is 4.31 Å². The number of allylic oxidation sites excluding steroid dienone is 1. The number of benzene rings is 3. The molecule has 0 radical (unpaired) electrons. The third-order valence-electron chi connectivity index (χ3n) is 6.32. The highest BCUT2D eigenvalue weighted by molar-refractivity contribution is 7.89. The lowest BCUT2D eigenvalue weighted by atomic mass is 9.81. The molecule has 5 heteroatoms. The zero-order valence-corrected chi connectivity index (χ0v) is 18.7. The Kier molecular flexibility index (Phi) is 5.24. The van der Waals surface area contributed by atoms with E-state index < -0.39 is 16.1 Å². The van der Waals surface area contributed by atoms with Crippen LogP contribution in [-0.4, -0.2) is 17.8 Å². The average molecular weight is 444 g/mol. The van der Waals surface area contributed by atoms with Crippen molar-refractivity contribution in [2.45, 2.75) is 30.9 Å². The van der Waals surface area contributed by atoms with Gasteiger partial charge in [0.1, 0.15) is 0 Å². The molecule has 0 saturated carbocycles. The molecule has 1 aliphatic heterocycles. The summed E-state index contributed by atoms with van der Waals surface area (Å²) in [6.45, 7) is 2.23. The van der Waals surface area contributed by atoms with Crippen LogP contribution in [0.3, 0.4) is 0 Å². The van der Waals surface area contributed by atoms with Crippen LogP contribution in [0.4, 0.5) is 0 Å². The van der Waals surface area contributed by atoms with Crippen LogP contribution in [0.2, 0.25) is 0 Å². The van der Waals surface area contributed by atoms with Gasteiger partial charge < -0.3 is 5.11 Å². The predicted octanol–water partition coefficient (Wildman–Crippen LogP) is 5.31. The van der Waals surface area contributed by atoms with Crippen LogP contribution < -0.4 is 0 Å². The monoisotopic (exact) mass is 443 g/mol. The molecule has 3 aromatic rings. The van der Waals surface area contributed by atoms with Gasteiger partial charge in [0.15, 0.2) is 0 Å². The van der Waals surface area contributed by atoms with Crippen molar-refractivity contribution < 1.29 is 13.5 Å². The zero-order valence-electron chi connectivity index (χ0n) is 17.8. The molecule has 1 aliphatic carbocycles. The zero-order chi connectivity index (χ0) is 22.3. The standard InChI is InChI=1S/C27H25NO3S/c1-19-10-14-24(15-11-19)32(30,31)28-17-22-7-3-4-8-25(22)23(18-28)16-21-13-12-20-6-2-5-9-26(20)27(21)29/h2-15,18,21,27,29H,16-17H2,1H3/t21-,27+/m0/s1. The van der Waals surface area contributed by atoms with Crippen LogP contribution in [-0.2, 0) is 16.6 Å². The summed E-state index contributed by atoms with van der Waals surface area (Å²) in [4.78, 5) is 0.282. The molecule has 0 spiro atoms. The Hall–Kier alpha value is -3.15. The first-order valence-corrected chi connectivity index (χ1v) is 12.2. The van der Waals surface area contributed by atoms with Crippen molar-refractivity contribution >= 4 is 21.7 Å². The van der Waals surface area contributed by atoms with Gasteiger partial charge in [0, 0.05) is 12.1 Å². The van der Waals surface area contributed by atoms with E-state index in [9.17, 15) is 13.5 Å². The molecule has 0 bridgehead atoms. The third kappa shape index (κ3) is 3.68. The second-order valence-electron chi connectivity index (χ2n) is 8.48. The molecule has 162 valence electrons. The van der Waals surface area contributed by atoms with Gasteiger partial charge in [0.05, 0.1) is 17.5 Å². The number of aliphatic hydroxyl groups is 1. The van der Waals surface area contributed by atoms with Crippen LogP contribution >= 0.6 is 0 Å². The summed E-state index contributed by atoms with van der Waals surface area (Å²) in [5.41, 5.74) is 5.88. The maximum absolute atomic E-state index is 13.4. The van der Waals surface area contributed by atoms with Crippen molar-refractivity contribution in [3.63, 3.8) is 0 Å². The summed E-state index contributed by atoms with van der Waals surface area (Å²) in [5.74, 6) is -0.133. The lowest BCUT2D eigenvalue weighted by Crippen LogP contribution is -2.29. The fourth-order valence-electron chi connectivity index (χ4n) is 4.52. The van der Waals surface area contributed by atoms with Gasteiger partial charge in [-0.3, -0.25) is 4.31 Å². The molecule has 5 rings (SSSR count). The number of hydrogen-bond donors (Lipinski definition) is 1. The first-order chi connectivity index (χ1) is 15.4. The third-order valence-corrected chi connectivity index (χ3v) is 8.04. The number of sulfonamides is 1. The normalized spacial score (nSPS) is 19.8. The minimum atomic E-state index is -3.68. The van der Waals surface area contributed by atoms with Gasteiger partial charge in [-0.05, 0) is 53.3 Å². The van der Waals surface area contributed by atoms with E-state index in [0.717, 1.165) is 33.4 Å². The molecule has 32 heavy (non-hydrogen) atoms. The number of hydrogen-bond acceptors (Lipinski definition) is 3. The topological polar surface area (TPSA) is 57.6 Å². The van der Waals surface area contributed by atoms with E-state index >= 15 is 0 Å². The summed E-state index contributed by atoms with van der Waals surface area (Å²) < 4.78 is 28.2. The highest BCUT2D eigenvalue weighted by Crippen LogP contribution is 2.40. The van der Waals surface area contributed by atoms with E-state index in [-0.39, 0.29) is 10.8 Å². The van der Waals surface area contributed by atoms with Gasteiger partial charge in [0.2, 0.25) is 0 Å². The van der Waals surface area contributed by atoms with Crippen molar-refractivity contribution in [2.24, 2.45) is 5.92 Å². The van der Waals surface area contributed by atoms with Gasteiger partial charge in [-0.15, -0.1) is 0 Å². The number of rotatable bonds is 4. The molecule has 0 amide bonds. The summed E-state index contributed by atoms with van der Waals surface area (Å²) in [6, 6.07) is 22.7. The minimum Gasteiger partial charge on any atom is -0.388 e. The smallest absolute Gasteiger partial charge is 0.264 e. The van der Waals surface area contributed by atoms with Crippen molar-refractivity contribution in [1.82, 2.24) is 4.31 Å². The largest absolute Gasteiger partial charge is 0.388 e. The molecule has 2 atom stereocenters. The Morgan fingerprint density at radius 3 is 2.50 bits per heavy atom. The first kappa shape index (κ1) is 20.7. The maximum atomic E-state index is 13.4. The van der Waals surface area contributed by atoms with Crippen LogP contribution in [0.5, 0.6) is 0 Å². The van der Waals surface area contributed by atoms with Crippen molar-refractivity contribution in [3.8, 4) is 0 Å². The Morgan fingerprint density at radius 1 is 0.969 bits per heavy atom. The molecule has 1 heterocycles. The molecule has 3 aromatic carbocycles. The molecular weight excluding hydrogens is 418 g/mol. The fraction of sp³-hybridized carbons (Fsp3) is 0.185. The van der Waals surface area contributed by atoms with E-state index in [1.807, 2.05) is 79.7 Å². The molecule has 0 fully saturated rings. The van der Waals surface area contributed by atoms with E-state index in [2.05, 4.69) is 0 Å². The second kappa shape index (κ2) is 8.08. The highest BCUT2D eigenvalue weighted by atomic mass is 32.2. The Morgan fingerprint density at radius 2 is 1.69 bits per heavy atom. The number of fused-ring (bicyclic) bond motifs is 2. The van der Waals surface area contributed by atoms with Gasteiger partial charge in [0.25, 0.3) is 10.0 Å². The highest BCUT2D eigenvalue weighted by Gasteiger charge is 2.30. The first-order valence-electron chi connectivity index (χ1n) is 10.8. The SMILES string of the molecule is Cc1ccc(S(=O)(=O)N2C=C(C[C@@H]3C=Cc4ccccc4[C@@H]3O)c3ccccc3C2)cc1. The van der Waals surface area contributed by atoms with E-state index in [4.69, 9.17) is 0 Å². The van der Waals surface area contributed by atoms with Gasteiger partial charge >= 0.3 is 0 Å². The summed E-state index contributed by atoms with van der Waals surface area (Å²) in [6.07, 6.45) is 5.74. The molecule has 4 nitrogen and oxygen atoms in total. The van der Waals surface area contributed by atoms with Crippen molar-refractivity contribution in [2.75, 3.05) is 0 Å². The Bertz CT molecular complexity index is 1320.